The first-order valence-electron chi connectivity index (χ1n) is 7.43. The van der Waals surface area contributed by atoms with Gasteiger partial charge in [0.25, 0.3) is 0 Å². The zero-order chi connectivity index (χ0) is 13.7. The fourth-order valence-electron chi connectivity index (χ4n) is 3.23. The predicted octanol–water partition coefficient (Wildman–Crippen LogP) is 3.68. The van der Waals surface area contributed by atoms with E-state index in [9.17, 15) is 0 Å². The minimum atomic E-state index is 0.652. The molecule has 3 heteroatoms. The third kappa shape index (κ3) is 3.95. The maximum Gasteiger partial charge on any atom is 0.0406 e. The maximum absolute atomic E-state index is 5.96. The lowest BCUT2D eigenvalue weighted by atomic mass is 9.83. The maximum atomic E-state index is 5.96. The molecule has 106 valence electrons. The standard InChI is InChI=1S/C16H25ClN2/c1-2-19(12-13-7-9-15(17)10-8-13)16-6-4-3-5-14(16)11-18/h7-10,14,16H,2-6,11-12,18H2,1H3. The summed E-state index contributed by atoms with van der Waals surface area (Å²) in [4.78, 5) is 2.58. The van der Waals surface area contributed by atoms with Crippen LogP contribution in [0.3, 0.4) is 0 Å². The summed E-state index contributed by atoms with van der Waals surface area (Å²) < 4.78 is 0. The molecule has 0 aromatic heterocycles. The average Bonchev–Trinajstić information content (AvgIpc) is 2.46. The highest BCUT2D eigenvalue weighted by atomic mass is 35.5. The van der Waals surface area contributed by atoms with E-state index >= 15 is 0 Å². The molecule has 0 bridgehead atoms. The summed E-state index contributed by atoms with van der Waals surface area (Å²) in [5, 5.41) is 0.810. The van der Waals surface area contributed by atoms with Gasteiger partial charge >= 0.3 is 0 Å². The van der Waals surface area contributed by atoms with Gasteiger partial charge in [0, 0.05) is 17.6 Å². The smallest absolute Gasteiger partial charge is 0.0406 e. The lowest BCUT2D eigenvalue weighted by molar-refractivity contribution is 0.105. The Hall–Kier alpha value is -0.570. The topological polar surface area (TPSA) is 29.3 Å². The lowest BCUT2D eigenvalue weighted by Crippen LogP contribution is -2.44. The van der Waals surface area contributed by atoms with Crippen LogP contribution >= 0.6 is 11.6 Å². The van der Waals surface area contributed by atoms with Crippen LogP contribution in [0.15, 0.2) is 24.3 Å². The number of benzene rings is 1. The van der Waals surface area contributed by atoms with Crippen LogP contribution in [0.5, 0.6) is 0 Å². The number of halogens is 1. The van der Waals surface area contributed by atoms with E-state index in [1.165, 1.54) is 31.2 Å². The fourth-order valence-corrected chi connectivity index (χ4v) is 3.36. The van der Waals surface area contributed by atoms with Gasteiger partial charge in [0.2, 0.25) is 0 Å². The number of rotatable bonds is 5. The van der Waals surface area contributed by atoms with E-state index in [0.29, 0.717) is 12.0 Å². The first kappa shape index (κ1) is 14.8. The van der Waals surface area contributed by atoms with Gasteiger partial charge in [-0.2, -0.15) is 0 Å². The summed E-state index contributed by atoms with van der Waals surface area (Å²) in [5.74, 6) is 0.668. The summed E-state index contributed by atoms with van der Waals surface area (Å²) >= 11 is 5.95. The monoisotopic (exact) mass is 280 g/mol. The van der Waals surface area contributed by atoms with Gasteiger partial charge in [-0.3, -0.25) is 4.90 Å². The molecular formula is C16H25ClN2. The highest BCUT2D eigenvalue weighted by Crippen LogP contribution is 2.28. The summed E-state index contributed by atoms with van der Waals surface area (Å²) in [7, 11) is 0. The van der Waals surface area contributed by atoms with Gasteiger partial charge in [0.1, 0.15) is 0 Å². The van der Waals surface area contributed by atoms with Gasteiger partial charge in [-0.1, -0.05) is 43.5 Å². The van der Waals surface area contributed by atoms with Crippen molar-refractivity contribution in [1.82, 2.24) is 4.90 Å². The van der Waals surface area contributed by atoms with Crippen LogP contribution in [0.1, 0.15) is 38.2 Å². The van der Waals surface area contributed by atoms with E-state index in [4.69, 9.17) is 17.3 Å². The van der Waals surface area contributed by atoms with Gasteiger partial charge in [0.15, 0.2) is 0 Å². The van der Waals surface area contributed by atoms with Crippen LogP contribution in [-0.2, 0) is 6.54 Å². The molecule has 0 aliphatic heterocycles. The Morgan fingerprint density at radius 2 is 1.89 bits per heavy atom. The Morgan fingerprint density at radius 1 is 1.21 bits per heavy atom. The van der Waals surface area contributed by atoms with Gasteiger partial charge in [-0.25, -0.2) is 0 Å². The van der Waals surface area contributed by atoms with E-state index in [-0.39, 0.29) is 0 Å². The summed E-state index contributed by atoms with van der Waals surface area (Å²) in [6, 6.07) is 8.87. The summed E-state index contributed by atoms with van der Waals surface area (Å²) in [5.41, 5.74) is 7.30. The molecule has 0 radical (unpaired) electrons. The molecule has 1 aromatic carbocycles. The Bertz CT molecular complexity index is 377. The number of nitrogens with zero attached hydrogens (tertiary/aromatic N) is 1. The van der Waals surface area contributed by atoms with Crippen LogP contribution in [0.25, 0.3) is 0 Å². The van der Waals surface area contributed by atoms with E-state index in [1.807, 2.05) is 12.1 Å². The average molecular weight is 281 g/mol. The predicted molar refractivity (Wildman–Crippen MR) is 82.3 cm³/mol. The Kier molecular flexibility index (Phi) is 5.68. The largest absolute Gasteiger partial charge is 0.330 e. The van der Waals surface area contributed by atoms with Crippen molar-refractivity contribution >= 4 is 11.6 Å². The van der Waals surface area contributed by atoms with Crippen LogP contribution in [0.4, 0.5) is 0 Å². The summed E-state index contributed by atoms with van der Waals surface area (Å²) in [6.45, 7) is 5.17. The van der Waals surface area contributed by atoms with Crippen molar-refractivity contribution in [2.75, 3.05) is 13.1 Å². The second-order valence-electron chi connectivity index (χ2n) is 5.54. The number of nitrogens with two attached hydrogens (primary N) is 1. The van der Waals surface area contributed by atoms with Crippen LogP contribution in [-0.4, -0.2) is 24.0 Å². The van der Waals surface area contributed by atoms with E-state index in [1.54, 1.807) is 0 Å². The SMILES string of the molecule is CCN(Cc1ccc(Cl)cc1)C1CCCCC1CN. The highest BCUT2D eigenvalue weighted by Gasteiger charge is 2.28. The zero-order valence-corrected chi connectivity index (χ0v) is 12.6. The normalized spacial score (nSPS) is 23.8. The molecule has 2 nitrogen and oxygen atoms in total. The Labute approximate surface area is 121 Å². The van der Waals surface area contributed by atoms with E-state index in [0.717, 1.165) is 24.7 Å². The molecule has 2 atom stereocenters. The van der Waals surface area contributed by atoms with Crippen molar-refractivity contribution in [2.45, 2.75) is 45.2 Å². The van der Waals surface area contributed by atoms with E-state index in [2.05, 4.69) is 24.0 Å². The fraction of sp³-hybridized carbons (Fsp3) is 0.625. The molecule has 0 saturated heterocycles. The van der Waals surface area contributed by atoms with Gasteiger partial charge in [0.05, 0.1) is 0 Å². The molecular weight excluding hydrogens is 256 g/mol. The molecule has 19 heavy (non-hydrogen) atoms. The highest BCUT2D eigenvalue weighted by molar-refractivity contribution is 6.30. The van der Waals surface area contributed by atoms with Gasteiger partial charge < -0.3 is 5.73 Å². The Balaban J connectivity index is 2.04. The first-order valence-corrected chi connectivity index (χ1v) is 7.81. The van der Waals surface area contributed by atoms with Crippen molar-refractivity contribution in [1.29, 1.82) is 0 Å². The van der Waals surface area contributed by atoms with Crippen molar-refractivity contribution in [3.05, 3.63) is 34.9 Å². The van der Waals surface area contributed by atoms with Crippen molar-refractivity contribution in [3.63, 3.8) is 0 Å². The Morgan fingerprint density at radius 3 is 2.53 bits per heavy atom. The van der Waals surface area contributed by atoms with Gasteiger partial charge in [-0.05, 0) is 49.5 Å². The van der Waals surface area contributed by atoms with Crippen LogP contribution < -0.4 is 5.73 Å². The molecule has 0 amide bonds. The molecule has 1 aliphatic rings. The van der Waals surface area contributed by atoms with Crippen molar-refractivity contribution in [3.8, 4) is 0 Å². The molecule has 1 fully saturated rings. The summed E-state index contributed by atoms with van der Waals surface area (Å²) in [6.07, 6.45) is 5.27. The quantitative estimate of drug-likeness (QED) is 0.891. The zero-order valence-electron chi connectivity index (χ0n) is 11.8. The third-order valence-corrected chi connectivity index (χ3v) is 4.60. The second kappa shape index (κ2) is 7.28. The minimum Gasteiger partial charge on any atom is -0.330 e. The lowest BCUT2D eigenvalue weighted by Gasteiger charge is -2.39. The molecule has 0 heterocycles. The molecule has 2 unspecified atom stereocenters. The molecule has 1 aromatic rings. The van der Waals surface area contributed by atoms with Crippen molar-refractivity contribution in [2.24, 2.45) is 11.7 Å². The molecule has 2 rings (SSSR count). The second-order valence-corrected chi connectivity index (χ2v) is 5.97. The van der Waals surface area contributed by atoms with Crippen LogP contribution in [0, 0.1) is 5.92 Å². The first-order chi connectivity index (χ1) is 9.24. The molecule has 0 spiro atoms. The minimum absolute atomic E-state index is 0.652. The van der Waals surface area contributed by atoms with Crippen molar-refractivity contribution < 1.29 is 0 Å². The van der Waals surface area contributed by atoms with Crippen LogP contribution in [0.2, 0.25) is 5.02 Å². The molecule has 2 N–H and O–H groups in total. The molecule has 1 aliphatic carbocycles. The molecule has 1 saturated carbocycles. The van der Waals surface area contributed by atoms with E-state index < -0.39 is 0 Å². The number of hydrogen-bond donors (Lipinski definition) is 1. The van der Waals surface area contributed by atoms with Gasteiger partial charge in [-0.15, -0.1) is 0 Å². The third-order valence-electron chi connectivity index (χ3n) is 4.35. The number of hydrogen-bond acceptors (Lipinski definition) is 2.